The van der Waals surface area contributed by atoms with Crippen molar-refractivity contribution < 1.29 is 9.59 Å². The summed E-state index contributed by atoms with van der Waals surface area (Å²) in [7, 11) is 0. The van der Waals surface area contributed by atoms with Gasteiger partial charge in [0.25, 0.3) is 0 Å². The zero-order valence-corrected chi connectivity index (χ0v) is 17.8. The SMILES string of the molecule is Cc1ccc(C2=Nc3cccnc3N(CC(=O)Nc3ccc(C)c(C)c3)C(=O)C2)cc1. The number of benzene rings is 2. The lowest BCUT2D eigenvalue weighted by atomic mass is 10.1. The molecule has 0 saturated heterocycles. The molecule has 2 aromatic carbocycles. The number of nitrogens with one attached hydrogen (secondary N) is 1. The van der Waals surface area contributed by atoms with E-state index < -0.39 is 0 Å². The molecule has 0 atom stereocenters. The summed E-state index contributed by atoms with van der Waals surface area (Å²) in [5.41, 5.74) is 6.20. The summed E-state index contributed by atoms with van der Waals surface area (Å²) in [4.78, 5) is 36.4. The Labute approximate surface area is 181 Å². The summed E-state index contributed by atoms with van der Waals surface area (Å²) in [6.45, 7) is 5.89. The highest BCUT2D eigenvalue weighted by atomic mass is 16.2. The maximum Gasteiger partial charge on any atom is 0.244 e. The molecule has 2 amide bonds. The lowest BCUT2D eigenvalue weighted by Gasteiger charge is -2.20. The highest BCUT2D eigenvalue weighted by Gasteiger charge is 2.27. The lowest BCUT2D eigenvalue weighted by molar-refractivity contribution is -0.120. The first-order chi connectivity index (χ1) is 14.9. The number of anilines is 2. The molecule has 0 fully saturated rings. The zero-order valence-electron chi connectivity index (χ0n) is 17.8. The topological polar surface area (TPSA) is 74.7 Å². The van der Waals surface area contributed by atoms with Crippen molar-refractivity contribution in [3.05, 3.63) is 83.0 Å². The van der Waals surface area contributed by atoms with Crippen LogP contribution >= 0.6 is 0 Å². The summed E-state index contributed by atoms with van der Waals surface area (Å²) in [6, 6.07) is 17.2. The van der Waals surface area contributed by atoms with Crippen LogP contribution < -0.4 is 10.2 Å². The van der Waals surface area contributed by atoms with E-state index >= 15 is 0 Å². The van der Waals surface area contributed by atoms with E-state index in [0.29, 0.717) is 22.9 Å². The van der Waals surface area contributed by atoms with E-state index in [2.05, 4.69) is 10.3 Å². The number of nitrogens with zero attached hydrogens (tertiary/aromatic N) is 3. The van der Waals surface area contributed by atoms with E-state index in [0.717, 1.165) is 22.3 Å². The Morgan fingerprint density at radius 3 is 2.55 bits per heavy atom. The third kappa shape index (κ3) is 4.53. The Hall–Kier alpha value is -3.80. The number of aliphatic imine (C=N–C) groups is 1. The zero-order chi connectivity index (χ0) is 22.0. The number of carbonyl (C=O) groups is 2. The predicted octanol–water partition coefficient (Wildman–Crippen LogP) is 4.50. The molecule has 1 N–H and O–H groups in total. The number of fused-ring (bicyclic) bond motifs is 1. The Kier molecular flexibility index (Phi) is 5.62. The molecule has 4 rings (SSSR count). The van der Waals surface area contributed by atoms with Crippen molar-refractivity contribution in [2.45, 2.75) is 27.2 Å². The van der Waals surface area contributed by atoms with Crippen LogP contribution in [-0.4, -0.2) is 29.1 Å². The van der Waals surface area contributed by atoms with Crippen LogP contribution in [0.15, 0.2) is 65.8 Å². The van der Waals surface area contributed by atoms with Crippen molar-refractivity contribution >= 4 is 34.7 Å². The van der Waals surface area contributed by atoms with Gasteiger partial charge < -0.3 is 5.32 Å². The second kappa shape index (κ2) is 8.52. The number of hydrogen-bond donors (Lipinski definition) is 1. The molecule has 0 spiro atoms. The Balaban J connectivity index is 1.59. The van der Waals surface area contributed by atoms with Crippen LogP contribution in [0.25, 0.3) is 0 Å². The first kappa shape index (κ1) is 20.5. The molecular formula is C25H24N4O2. The van der Waals surface area contributed by atoms with Gasteiger partial charge in [-0.25, -0.2) is 9.98 Å². The number of amides is 2. The van der Waals surface area contributed by atoms with Crippen LogP contribution in [0.1, 0.15) is 28.7 Å². The predicted molar refractivity (Wildman–Crippen MR) is 123 cm³/mol. The van der Waals surface area contributed by atoms with E-state index in [-0.39, 0.29) is 24.8 Å². The quantitative estimate of drug-likeness (QED) is 0.685. The van der Waals surface area contributed by atoms with Gasteiger partial charge in [0, 0.05) is 11.9 Å². The monoisotopic (exact) mass is 412 g/mol. The molecule has 0 radical (unpaired) electrons. The largest absolute Gasteiger partial charge is 0.325 e. The number of aryl methyl sites for hydroxylation is 3. The molecule has 2 heterocycles. The summed E-state index contributed by atoms with van der Waals surface area (Å²) in [6.07, 6.45) is 1.70. The van der Waals surface area contributed by atoms with Crippen LogP contribution in [0, 0.1) is 20.8 Å². The number of rotatable bonds is 4. The van der Waals surface area contributed by atoms with Gasteiger partial charge in [0.15, 0.2) is 5.82 Å². The highest BCUT2D eigenvalue weighted by Crippen LogP contribution is 2.31. The molecule has 31 heavy (non-hydrogen) atoms. The Morgan fingerprint density at radius 1 is 1.03 bits per heavy atom. The first-order valence-electron chi connectivity index (χ1n) is 10.2. The van der Waals surface area contributed by atoms with Gasteiger partial charge in [-0.3, -0.25) is 14.5 Å². The fraction of sp³-hybridized carbons (Fsp3) is 0.200. The van der Waals surface area contributed by atoms with Crippen molar-refractivity contribution in [3.63, 3.8) is 0 Å². The molecule has 156 valence electrons. The van der Waals surface area contributed by atoms with Crippen LogP contribution in [0.5, 0.6) is 0 Å². The fourth-order valence-electron chi connectivity index (χ4n) is 3.46. The van der Waals surface area contributed by atoms with E-state index in [4.69, 9.17) is 4.99 Å². The van der Waals surface area contributed by atoms with Crippen molar-refractivity contribution in [2.75, 3.05) is 16.8 Å². The number of pyridine rings is 1. The fourth-order valence-corrected chi connectivity index (χ4v) is 3.46. The molecular weight excluding hydrogens is 388 g/mol. The molecule has 0 saturated carbocycles. The lowest BCUT2D eigenvalue weighted by Crippen LogP contribution is -2.39. The second-order valence-corrected chi connectivity index (χ2v) is 7.77. The molecule has 6 heteroatoms. The first-order valence-corrected chi connectivity index (χ1v) is 10.2. The molecule has 6 nitrogen and oxygen atoms in total. The standard InChI is InChI=1S/C25H24N4O2/c1-16-6-9-19(10-7-16)22-14-24(31)29(25-21(28-22)5-4-12-26-25)15-23(30)27-20-11-8-17(2)18(3)13-20/h4-13H,14-15H2,1-3H3,(H,27,30). The molecule has 3 aromatic rings. The van der Waals surface area contributed by atoms with E-state index in [1.807, 2.05) is 69.3 Å². The molecule has 1 aromatic heterocycles. The normalized spacial score (nSPS) is 13.3. The van der Waals surface area contributed by atoms with Gasteiger partial charge in [-0.2, -0.15) is 0 Å². The number of hydrogen-bond acceptors (Lipinski definition) is 4. The van der Waals surface area contributed by atoms with Gasteiger partial charge in [-0.05, 0) is 61.7 Å². The smallest absolute Gasteiger partial charge is 0.244 e. The minimum absolute atomic E-state index is 0.0936. The summed E-state index contributed by atoms with van der Waals surface area (Å²) >= 11 is 0. The Bertz CT molecular complexity index is 1180. The van der Waals surface area contributed by atoms with Crippen molar-refractivity contribution in [2.24, 2.45) is 4.99 Å². The number of carbonyl (C=O) groups excluding carboxylic acids is 2. The van der Waals surface area contributed by atoms with Gasteiger partial charge in [0.05, 0.1) is 12.1 Å². The van der Waals surface area contributed by atoms with Gasteiger partial charge in [0.1, 0.15) is 12.2 Å². The average molecular weight is 412 g/mol. The molecule has 0 bridgehead atoms. The van der Waals surface area contributed by atoms with Crippen molar-refractivity contribution in [3.8, 4) is 0 Å². The second-order valence-electron chi connectivity index (χ2n) is 7.77. The van der Waals surface area contributed by atoms with E-state index in [1.165, 1.54) is 4.90 Å². The van der Waals surface area contributed by atoms with Gasteiger partial charge in [-0.15, -0.1) is 0 Å². The maximum atomic E-state index is 13.1. The molecule has 0 unspecified atom stereocenters. The van der Waals surface area contributed by atoms with Crippen LogP contribution in [0.4, 0.5) is 17.2 Å². The van der Waals surface area contributed by atoms with Crippen LogP contribution in [0.3, 0.4) is 0 Å². The maximum absolute atomic E-state index is 13.1. The van der Waals surface area contributed by atoms with Crippen LogP contribution in [0.2, 0.25) is 0 Å². The van der Waals surface area contributed by atoms with Crippen LogP contribution in [-0.2, 0) is 9.59 Å². The highest BCUT2D eigenvalue weighted by molar-refractivity contribution is 6.18. The average Bonchev–Trinajstić information content (AvgIpc) is 2.88. The van der Waals surface area contributed by atoms with E-state index in [1.54, 1.807) is 12.3 Å². The van der Waals surface area contributed by atoms with Gasteiger partial charge in [0.2, 0.25) is 11.8 Å². The molecule has 1 aliphatic heterocycles. The summed E-state index contributed by atoms with van der Waals surface area (Å²) in [5, 5.41) is 2.88. The number of aromatic nitrogens is 1. The summed E-state index contributed by atoms with van der Waals surface area (Å²) < 4.78 is 0. The third-order valence-electron chi connectivity index (χ3n) is 5.37. The summed E-state index contributed by atoms with van der Waals surface area (Å²) in [5.74, 6) is -0.108. The van der Waals surface area contributed by atoms with Gasteiger partial charge >= 0.3 is 0 Å². The van der Waals surface area contributed by atoms with E-state index in [9.17, 15) is 9.59 Å². The van der Waals surface area contributed by atoms with Crippen molar-refractivity contribution in [1.29, 1.82) is 0 Å². The third-order valence-corrected chi connectivity index (χ3v) is 5.37. The van der Waals surface area contributed by atoms with Gasteiger partial charge in [-0.1, -0.05) is 35.9 Å². The van der Waals surface area contributed by atoms with Crippen molar-refractivity contribution in [1.82, 2.24) is 4.98 Å². The minimum Gasteiger partial charge on any atom is -0.325 e. The molecule has 0 aliphatic carbocycles. The minimum atomic E-state index is -0.285. The molecule has 1 aliphatic rings. The Morgan fingerprint density at radius 2 is 1.81 bits per heavy atom.